The molecule has 35 heavy (non-hydrogen) atoms. The number of nitrogens with zero attached hydrogens (tertiary/aromatic N) is 1. The van der Waals surface area contributed by atoms with Gasteiger partial charge in [0.2, 0.25) is 5.91 Å². The summed E-state index contributed by atoms with van der Waals surface area (Å²) >= 11 is 1.65. The maximum absolute atomic E-state index is 12.8. The van der Waals surface area contributed by atoms with E-state index in [1.165, 1.54) is 11.1 Å². The van der Waals surface area contributed by atoms with Gasteiger partial charge in [0.05, 0.1) is 20.3 Å². The first-order valence-electron chi connectivity index (χ1n) is 12.0. The number of nitrogens with two attached hydrogens (primary N) is 1. The first-order chi connectivity index (χ1) is 17.1. The topological polar surface area (TPSA) is 80.6 Å². The molecule has 7 heteroatoms. The second kappa shape index (κ2) is 10.1. The number of rotatable bonds is 7. The molecule has 0 radical (unpaired) electrons. The average molecular weight is 490 g/mol. The van der Waals surface area contributed by atoms with Crippen LogP contribution in [0, 0.1) is 0 Å². The highest BCUT2D eigenvalue weighted by Crippen LogP contribution is 2.35. The number of carbonyl (C=O) groups excluding carboxylic acids is 1. The maximum atomic E-state index is 12.8. The molecule has 1 saturated heterocycles. The fourth-order valence-electron chi connectivity index (χ4n) is 4.95. The van der Waals surface area contributed by atoms with Crippen molar-refractivity contribution in [1.82, 2.24) is 9.88 Å². The number of thiophene rings is 1. The van der Waals surface area contributed by atoms with E-state index in [0.717, 1.165) is 59.0 Å². The smallest absolute Gasteiger partial charge is 0.239 e. The number of carbonyl (C=O) groups is 1. The number of aromatic amines is 1. The number of fused-ring (bicyclic) bond motifs is 1. The molecule has 3 N–H and O–H groups in total. The summed E-state index contributed by atoms with van der Waals surface area (Å²) in [5, 5.41) is 3.21. The van der Waals surface area contributed by atoms with Gasteiger partial charge in [-0.25, -0.2) is 0 Å². The zero-order valence-electron chi connectivity index (χ0n) is 20.1. The van der Waals surface area contributed by atoms with Crippen molar-refractivity contribution in [3.63, 3.8) is 0 Å². The van der Waals surface area contributed by atoms with Gasteiger partial charge in [0, 0.05) is 46.9 Å². The first-order valence-corrected chi connectivity index (χ1v) is 12.9. The Bertz CT molecular complexity index is 1310. The number of ether oxygens (including phenoxy) is 2. The number of hydrogen-bond acceptors (Lipinski definition) is 5. The zero-order chi connectivity index (χ0) is 24.4. The number of H-pyrrole nitrogens is 1. The maximum Gasteiger partial charge on any atom is 0.239 e. The minimum Gasteiger partial charge on any atom is -0.493 e. The third kappa shape index (κ3) is 4.92. The number of piperidine rings is 1. The van der Waals surface area contributed by atoms with E-state index in [1.54, 1.807) is 25.6 Å². The van der Waals surface area contributed by atoms with E-state index < -0.39 is 6.04 Å². The molecule has 0 aliphatic carbocycles. The third-order valence-corrected chi connectivity index (χ3v) is 7.82. The van der Waals surface area contributed by atoms with Crippen LogP contribution in [0.15, 0.2) is 60.0 Å². The highest BCUT2D eigenvalue weighted by Gasteiger charge is 2.28. The Morgan fingerprint density at radius 3 is 2.51 bits per heavy atom. The zero-order valence-corrected chi connectivity index (χ0v) is 20.9. The summed E-state index contributed by atoms with van der Waals surface area (Å²) < 4.78 is 10.8. The molecule has 6 nitrogen and oxygen atoms in total. The summed E-state index contributed by atoms with van der Waals surface area (Å²) in [4.78, 5) is 19.6. The Morgan fingerprint density at radius 1 is 1.06 bits per heavy atom. The van der Waals surface area contributed by atoms with E-state index in [0.29, 0.717) is 12.3 Å². The molecule has 4 aromatic rings. The van der Waals surface area contributed by atoms with Gasteiger partial charge >= 0.3 is 0 Å². The molecule has 0 spiro atoms. The number of aromatic nitrogens is 1. The molecule has 0 bridgehead atoms. The summed E-state index contributed by atoms with van der Waals surface area (Å²) in [5.41, 5.74) is 10.8. The van der Waals surface area contributed by atoms with Crippen molar-refractivity contribution in [2.24, 2.45) is 5.73 Å². The van der Waals surface area contributed by atoms with Crippen LogP contribution in [0.5, 0.6) is 11.5 Å². The van der Waals surface area contributed by atoms with Gasteiger partial charge in [0.25, 0.3) is 0 Å². The van der Waals surface area contributed by atoms with E-state index in [1.807, 2.05) is 40.6 Å². The molecular formula is C28H31N3O3S. The van der Waals surface area contributed by atoms with E-state index in [2.05, 4.69) is 29.2 Å². The van der Waals surface area contributed by atoms with Gasteiger partial charge in [-0.15, -0.1) is 11.3 Å². The molecule has 0 saturated carbocycles. The summed E-state index contributed by atoms with van der Waals surface area (Å²) in [6.45, 7) is 1.49. The molecule has 1 atom stereocenters. The molecule has 1 aliphatic rings. The Hall–Kier alpha value is -3.29. The number of hydrogen-bond donors (Lipinski definition) is 2. The van der Waals surface area contributed by atoms with Crippen LogP contribution in [0.1, 0.15) is 29.3 Å². The van der Waals surface area contributed by atoms with Crippen molar-refractivity contribution in [2.45, 2.75) is 31.2 Å². The van der Waals surface area contributed by atoms with Gasteiger partial charge in [-0.3, -0.25) is 4.79 Å². The number of benzene rings is 2. The minimum absolute atomic E-state index is 0.0630. The Kier molecular flexibility index (Phi) is 6.79. The fourth-order valence-corrected chi connectivity index (χ4v) is 5.71. The van der Waals surface area contributed by atoms with E-state index in [9.17, 15) is 4.79 Å². The highest BCUT2D eigenvalue weighted by atomic mass is 32.1. The molecule has 1 aliphatic heterocycles. The summed E-state index contributed by atoms with van der Waals surface area (Å²) in [7, 11) is 3.30. The second-order valence-corrected chi connectivity index (χ2v) is 10.1. The third-order valence-electron chi connectivity index (χ3n) is 6.92. The van der Waals surface area contributed by atoms with Crippen LogP contribution in [0.25, 0.3) is 22.0 Å². The van der Waals surface area contributed by atoms with Crippen LogP contribution in [0.4, 0.5) is 0 Å². The summed E-state index contributed by atoms with van der Waals surface area (Å²) in [5.74, 6) is 1.91. The van der Waals surface area contributed by atoms with Crippen LogP contribution in [-0.4, -0.2) is 49.1 Å². The van der Waals surface area contributed by atoms with Crippen LogP contribution >= 0.6 is 11.3 Å². The number of amides is 1. The number of nitrogens with one attached hydrogen (secondary N) is 1. The first kappa shape index (κ1) is 23.5. The van der Waals surface area contributed by atoms with Crippen molar-refractivity contribution in [1.29, 1.82) is 0 Å². The predicted octanol–water partition coefficient (Wildman–Crippen LogP) is 5.19. The van der Waals surface area contributed by atoms with Crippen molar-refractivity contribution in [3.8, 4) is 22.6 Å². The van der Waals surface area contributed by atoms with E-state index in [4.69, 9.17) is 15.2 Å². The monoisotopic (exact) mass is 489 g/mol. The van der Waals surface area contributed by atoms with E-state index >= 15 is 0 Å². The average Bonchev–Trinajstić information content (AvgIpc) is 3.57. The van der Waals surface area contributed by atoms with Gasteiger partial charge in [-0.1, -0.05) is 18.2 Å². The van der Waals surface area contributed by atoms with Crippen molar-refractivity contribution in [3.05, 3.63) is 70.5 Å². The van der Waals surface area contributed by atoms with Crippen molar-refractivity contribution >= 4 is 28.1 Å². The molecule has 1 fully saturated rings. The normalized spacial score (nSPS) is 15.3. The Morgan fingerprint density at radius 2 is 1.80 bits per heavy atom. The van der Waals surface area contributed by atoms with Crippen molar-refractivity contribution in [2.75, 3.05) is 27.3 Å². The van der Waals surface area contributed by atoms with Gasteiger partial charge in [0.1, 0.15) is 0 Å². The van der Waals surface area contributed by atoms with Gasteiger partial charge in [-0.05, 0) is 65.7 Å². The quantitative estimate of drug-likeness (QED) is 0.374. The molecule has 2 aromatic heterocycles. The van der Waals surface area contributed by atoms with Crippen LogP contribution in [0.3, 0.4) is 0 Å². The van der Waals surface area contributed by atoms with Crippen LogP contribution in [-0.2, 0) is 11.2 Å². The number of methoxy groups -OCH3 is 2. The summed E-state index contributed by atoms with van der Waals surface area (Å²) in [6.07, 6.45) is 2.49. The SMILES string of the molecule is COc1ccc(-c2ccc3[nH]c(C4CCN(C(=O)[C@@H](N)Cc5cccs5)CC4)cc3c2)cc1OC. The van der Waals surface area contributed by atoms with Gasteiger partial charge in [0.15, 0.2) is 11.5 Å². The highest BCUT2D eigenvalue weighted by molar-refractivity contribution is 7.09. The predicted molar refractivity (Wildman–Crippen MR) is 141 cm³/mol. The van der Waals surface area contributed by atoms with Gasteiger partial charge in [-0.2, -0.15) is 0 Å². The Labute approximate surface area is 209 Å². The van der Waals surface area contributed by atoms with Crippen molar-refractivity contribution < 1.29 is 14.3 Å². The lowest BCUT2D eigenvalue weighted by molar-refractivity contribution is -0.133. The summed E-state index contributed by atoms with van der Waals surface area (Å²) in [6, 6.07) is 18.3. The van der Waals surface area contributed by atoms with E-state index in [-0.39, 0.29) is 5.91 Å². The lowest BCUT2D eigenvalue weighted by Crippen LogP contribution is -2.47. The number of likely N-dealkylation sites (tertiary alicyclic amines) is 1. The largest absolute Gasteiger partial charge is 0.493 e. The second-order valence-electron chi connectivity index (χ2n) is 9.09. The molecule has 182 valence electrons. The van der Waals surface area contributed by atoms with Gasteiger partial charge < -0.3 is 25.1 Å². The Balaban J connectivity index is 1.26. The molecule has 2 aromatic carbocycles. The standard InChI is InChI=1S/C28H31N3O3S/c1-33-26-8-6-20(16-27(26)34-2)19-5-7-24-21(14-19)15-25(30-24)18-9-11-31(12-10-18)28(32)23(29)17-22-4-3-13-35-22/h3-8,13-16,18,23,30H,9-12,17,29H2,1-2H3/t23-/m0/s1. The lowest BCUT2D eigenvalue weighted by atomic mass is 9.93. The minimum atomic E-state index is -0.465. The lowest BCUT2D eigenvalue weighted by Gasteiger charge is -2.33. The van der Waals surface area contributed by atoms with Crippen LogP contribution in [0.2, 0.25) is 0 Å². The van der Waals surface area contributed by atoms with Crippen LogP contribution < -0.4 is 15.2 Å². The fraction of sp³-hybridized carbons (Fsp3) is 0.321. The molecule has 5 rings (SSSR count). The molecule has 1 amide bonds. The molecule has 3 heterocycles. The molecule has 0 unspecified atom stereocenters. The molecular weight excluding hydrogens is 458 g/mol.